The van der Waals surface area contributed by atoms with Crippen LogP contribution in [0.3, 0.4) is 0 Å². The van der Waals surface area contributed by atoms with Gasteiger partial charge >= 0.3 is 5.69 Å². The van der Waals surface area contributed by atoms with E-state index in [9.17, 15) is 19.1 Å². The fourth-order valence-corrected chi connectivity index (χ4v) is 4.63. The molecule has 3 heterocycles. The number of amides is 1. The van der Waals surface area contributed by atoms with Gasteiger partial charge in [0, 0.05) is 12.5 Å². The Labute approximate surface area is 190 Å². The van der Waals surface area contributed by atoms with Crippen molar-refractivity contribution in [2.45, 2.75) is 25.5 Å². The van der Waals surface area contributed by atoms with E-state index in [1.165, 1.54) is 16.7 Å². The molecular weight excluding hydrogens is 449 g/mol. The summed E-state index contributed by atoms with van der Waals surface area (Å²) in [5.41, 5.74) is 6.21. The highest BCUT2D eigenvalue weighted by Gasteiger charge is 2.35. The molecule has 11 heteroatoms. The molecule has 5 rings (SSSR count). The first-order chi connectivity index (χ1) is 15.8. The predicted octanol–water partition coefficient (Wildman–Crippen LogP) is 2.86. The summed E-state index contributed by atoms with van der Waals surface area (Å²) >= 11 is 0.915. The van der Waals surface area contributed by atoms with Crippen molar-refractivity contribution >= 4 is 17.2 Å². The lowest BCUT2D eigenvalue weighted by molar-refractivity contribution is 0.0999. The number of nitrogens with zero attached hydrogens (tertiary/aromatic N) is 4. The molecule has 168 valence electrons. The van der Waals surface area contributed by atoms with E-state index in [1.54, 1.807) is 6.92 Å². The Morgan fingerprint density at radius 1 is 1.27 bits per heavy atom. The fraction of sp³-hybridized carbons (Fsp3) is 0.182. The van der Waals surface area contributed by atoms with Crippen molar-refractivity contribution in [3.8, 4) is 16.5 Å². The van der Waals surface area contributed by atoms with E-state index in [-0.39, 0.29) is 33.4 Å². The van der Waals surface area contributed by atoms with E-state index < -0.39 is 23.5 Å². The highest BCUT2D eigenvalue weighted by atomic mass is 32.1. The Kier molecular flexibility index (Phi) is 5.06. The minimum absolute atomic E-state index is 0.0603. The zero-order valence-corrected chi connectivity index (χ0v) is 18.1. The summed E-state index contributed by atoms with van der Waals surface area (Å²) in [5.74, 6) is -1.31. The maximum absolute atomic E-state index is 14.8. The summed E-state index contributed by atoms with van der Waals surface area (Å²) in [4.78, 5) is 28.4. The standard InChI is InChI=1S/C22H18FN5O4S/c1-11-21(33-20(25-11)18(24)30)32-17-8-7-13(9-14(17)23)28-22(31)27-15(10-16(29)19(27)26-28)12-5-3-2-4-6-12/h2-9,15-16,29H,10H2,1H3,(H2,24,30). The third-order valence-corrected chi connectivity index (χ3v) is 6.45. The molecule has 2 unspecified atom stereocenters. The quantitative estimate of drug-likeness (QED) is 0.465. The third-order valence-electron chi connectivity index (χ3n) is 5.40. The van der Waals surface area contributed by atoms with E-state index in [1.807, 2.05) is 30.3 Å². The Balaban J connectivity index is 1.48. The number of rotatable bonds is 5. The van der Waals surface area contributed by atoms with Crippen LogP contribution in [0.5, 0.6) is 10.8 Å². The number of aryl methyl sites for hydroxylation is 1. The van der Waals surface area contributed by atoms with Crippen molar-refractivity contribution in [3.63, 3.8) is 0 Å². The van der Waals surface area contributed by atoms with Crippen molar-refractivity contribution in [2.75, 3.05) is 0 Å². The number of nitrogens with two attached hydrogens (primary N) is 1. The molecule has 1 aliphatic rings. The molecule has 0 saturated carbocycles. The zero-order chi connectivity index (χ0) is 23.3. The van der Waals surface area contributed by atoms with Crippen molar-refractivity contribution in [1.29, 1.82) is 0 Å². The number of aliphatic hydroxyl groups excluding tert-OH is 1. The second-order valence-electron chi connectivity index (χ2n) is 7.57. The number of halogens is 1. The van der Waals surface area contributed by atoms with E-state index >= 15 is 0 Å². The molecule has 2 aromatic heterocycles. The van der Waals surface area contributed by atoms with Crippen LogP contribution in [0.4, 0.5) is 4.39 Å². The molecule has 0 radical (unpaired) electrons. The smallest absolute Gasteiger partial charge is 0.351 e. The number of carbonyl (C=O) groups is 1. The SMILES string of the molecule is Cc1nc(C(N)=O)sc1Oc1ccc(-n2nc3n(c2=O)C(c2ccccc2)CC3O)cc1F. The third kappa shape index (κ3) is 3.60. The number of ether oxygens (including phenoxy) is 1. The van der Waals surface area contributed by atoms with Gasteiger partial charge in [-0.15, -0.1) is 5.10 Å². The highest BCUT2D eigenvalue weighted by Crippen LogP contribution is 2.37. The van der Waals surface area contributed by atoms with Gasteiger partial charge in [-0.2, -0.15) is 4.68 Å². The highest BCUT2D eigenvalue weighted by molar-refractivity contribution is 7.15. The summed E-state index contributed by atoms with van der Waals surface area (Å²) in [6, 6.07) is 13.0. The predicted molar refractivity (Wildman–Crippen MR) is 117 cm³/mol. The van der Waals surface area contributed by atoms with Gasteiger partial charge in [-0.3, -0.25) is 9.36 Å². The molecule has 1 amide bonds. The topological polar surface area (TPSA) is 125 Å². The molecule has 0 bridgehead atoms. The monoisotopic (exact) mass is 467 g/mol. The van der Waals surface area contributed by atoms with Gasteiger partial charge in [0.1, 0.15) is 6.10 Å². The van der Waals surface area contributed by atoms with Crippen molar-refractivity contribution in [2.24, 2.45) is 5.73 Å². The Bertz CT molecular complexity index is 1430. The van der Waals surface area contributed by atoms with E-state index in [0.29, 0.717) is 12.1 Å². The number of hydrogen-bond acceptors (Lipinski definition) is 7. The van der Waals surface area contributed by atoms with Gasteiger partial charge in [-0.05, 0) is 24.6 Å². The minimum atomic E-state index is -0.912. The number of hydrogen-bond donors (Lipinski definition) is 2. The van der Waals surface area contributed by atoms with Crippen LogP contribution in [-0.4, -0.2) is 30.3 Å². The summed E-state index contributed by atoms with van der Waals surface area (Å²) in [5, 5.41) is 15.0. The van der Waals surface area contributed by atoms with Gasteiger partial charge in [0.15, 0.2) is 22.4 Å². The van der Waals surface area contributed by atoms with Crippen molar-refractivity contribution < 1.29 is 19.0 Å². The molecule has 0 spiro atoms. The molecule has 3 N–H and O–H groups in total. The molecule has 2 aromatic carbocycles. The summed E-state index contributed by atoms with van der Waals surface area (Å²) in [6.45, 7) is 1.62. The number of thiazole rings is 1. The van der Waals surface area contributed by atoms with Crippen LogP contribution in [-0.2, 0) is 0 Å². The first-order valence-electron chi connectivity index (χ1n) is 10.0. The number of primary amides is 1. The lowest BCUT2D eigenvalue weighted by Gasteiger charge is -2.12. The molecule has 9 nitrogen and oxygen atoms in total. The normalized spacial score (nSPS) is 17.2. The molecule has 0 aliphatic carbocycles. The molecule has 33 heavy (non-hydrogen) atoms. The molecule has 4 aromatic rings. The summed E-state index contributed by atoms with van der Waals surface area (Å²) in [6.07, 6.45) is -0.573. The number of aromatic nitrogens is 4. The van der Waals surface area contributed by atoms with Gasteiger partial charge in [-0.1, -0.05) is 41.7 Å². The van der Waals surface area contributed by atoms with Gasteiger partial charge in [0.2, 0.25) is 5.06 Å². The summed E-state index contributed by atoms with van der Waals surface area (Å²) in [7, 11) is 0. The van der Waals surface area contributed by atoms with Crippen molar-refractivity contribution in [3.05, 3.63) is 86.9 Å². The second-order valence-corrected chi connectivity index (χ2v) is 8.54. The van der Waals surface area contributed by atoms with Crippen LogP contribution in [0.2, 0.25) is 0 Å². The molecular formula is C22H18FN5O4S. The minimum Gasteiger partial charge on any atom is -0.442 e. The van der Waals surface area contributed by atoms with Gasteiger partial charge in [-0.25, -0.2) is 14.2 Å². The lowest BCUT2D eigenvalue weighted by Crippen LogP contribution is -2.26. The average molecular weight is 467 g/mol. The lowest BCUT2D eigenvalue weighted by atomic mass is 10.0. The number of carbonyl (C=O) groups excluding carboxylic acids is 1. The van der Waals surface area contributed by atoms with E-state index in [0.717, 1.165) is 27.6 Å². The molecule has 0 fully saturated rings. The number of aliphatic hydroxyl groups is 1. The maximum atomic E-state index is 14.8. The molecule has 0 saturated heterocycles. The van der Waals surface area contributed by atoms with Gasteiger partial charge in [0.25, 0.3) is 5.91 Å². The van der Waals surface area contributed by atoms with Crippen LogP contribution in [0.1, 0.15) is 45.5 Å². The Hall–Kier alpha value is -3.83. The Morgan fingerprint density at radius 3 is 2.70 bits per heavy atom. The second kappa shape index (κ2) is 7.94. The van der Waals surface area contributed by atoms with E-state index in [2.05, 4.69) is 10.1 Å². The number of benzene rings is 2. The van der Waals surface area contributed by atoms with Crippen LogP contribution >= 0.6 is 11.3 Å². The van der Waals surface area contributed by atoms with E-state index in [4.69, 9.17) is 10.5 Å². The number of fused-ring (bicyclic) bond motifs is 1. The first kappa shape index (κ1) is 21.0. The molecule has 1 aliphatic heterocycles. The Morgan fingerprint density at radius 2 is 2.03 bits per heavy atom. The van der Waals surface area contributed by atoms with Gasteiger partial charge in [0.05, 0.1) is 17.4 Å². The van der Waals surface area contributed by atoms with Crippen LogP contribution < -0.4 is 16.2 Å². The van der Waals surface area contributed by atoms with Crippen LogP contribution in [0.15, 0.2) is 53.3 Å². The fourth-order valence-electron chi connectivity index (χ4n) is 3.85. The van der Waals surface area contributed by atoms with Gasteiger partial charge < -0.3 is 15.6 Å². The first-order valence-corrected chi connectivity index (χ1v) is 10.8. The maximum Gasteiger partial charge on any atom is 0.351 e. The zero-order valence-electron chi connectivity index (χ0n) is 17.3. The average Bonchev–Trinajstić information content (AvgIpc) is 3.44. The van der Waals surface area contributed by atoms with Crippen LogP contribution in [0, 0.1) is 12.7 Å². The van der Waals surface area contributed by atoms with Crippen LogP contribution in [0.25, 0.3) is 5.69 Å². The summed E-state index contributed by atoms with van der Waals surface area (Å²) < 4.78 is 22.9. The molecule has 2 atom stereocenters. The van der Waals surface area contributed by atoms with Crippen molar-refractivity contribution in [1.82, 2.24) is 19.3 Å². The largest absolute Gasteiger partial charge is 0.442 e.